The molecule has 0 unspecified atom stereocenters. The van der Waals surface area contributed by atoms with Crippen molar-refractivity contribution in [2.75, 3.05) is 14.1 Å². The molecule has 0 aliphatic rings. The molecule has 0 amide bonds. The SMILES string of the molecule is CN=C(N)CCCCCC(N)=NC.Cl. The Hall–Kier alpha value is -0.770. The summed E-state index contributed by atoms with van der Waals surface area (Å²) >= 11 is 0. The van der Waals surface area contributed by atoms with Crippen molar-refractivity contribution in [3.05, 3.63) is 0 Å². The standard InChI is InChI=1S/C9H20N4.ClH/c1-12-8(10)6-4-3-5-7-9(11)13-2;/h3-7H2,1-2H3,(H2,10,12)(H2,11,13);1H. The quantitative estimate of drug-likeness (QED) is 0.403. The van der Waals surface area contributed by atoms with E-state index in [2.05, 4.69) is 9.98 Å². The molecule has 0 saturated carbocycles. The fourth-order valence-corrected chi connectivity index (χ4v) is 1.01. The molecule has 14 heavy (non-hydrogen) atoms. The molecular weight excluding hydrogens is 200 g/mol. The second kappa shape index (κ2) is 10.3. The van der Waals surface area contributed by atoms with Crippen molar-refractivity contribution in [2.45, 2.75) is 32.1 Å². The zero-order valence-corrected chi connectivity index (χ0v) is 9.81. The highest BCUT2D eigenvalue weighted by molar-refractivity contribution is 5.85. The van der Waals surface area contributed by atoms with Gasteiger partial charge in [0.05, 0.1) is 11.7 Å². The molecule has 0 aliphatic carbocycles. The number of hydrogen-bond donors (Lipinski definition) is 2. The minimum Gasteiger partial charge on any atom is -0.387 e. The molecule has 4 N–H and O–H groups in total. The van der Waals surface area contributed by atoms with Gasteiger partial charge < -0.3 is 11.5 Å². The smallest absolute Gasteiger partial charge is 0.0933 e. The largest absolute Gasteiger partial charge is 0.387 e. The van der Waals surface area contributed by atoms with E-state index in [1.165, 1.54) is 0 Å². The third-order valence-corrected chi connectivity index (χ3v) is 1.94. The number of unbranched alkanes of at least 4 members (excludes halogenated alkanes) is 2. The van der Waals surface area contributed by atoms with Crippen molar-refractivity contribution in [1.29, 1.82) is 0 Å². The number of halogens is 1. The molecule has 84 valence electrons. The Kier molecular flexibility index (Phi) is 11.6. The Balaban J connectivity index is 0. The minimum absolute atomic E-state index is 0. The van der Waals surface area contributed by atoms with Gasteiger partial charge >= 0.3 is 0 Å². The molecular formula is C9H21ClN4. The Morgan fingerprint density at radius 3 is 1.50 bits per heavy atom. The van der Waals surface area contributed by atoms with Gasteiger partial charge in [-0.1, -0.05) is 6.42 Å². The van der Waals surface area contributed by atoms with Crippen molar-refractivity contribution in [3.63, 3.8) is 0 Å². The molecule has 0 heterocycles. The average Bonchev–Trinajstić information content (AvgIpc) is 2.16. The third-order valence-electron chi connectivity index (χ3n) is 1.94. The Morgan fingerprint density at radius 2 is 1.21 bits per heavy atom. The van der Waals surface area contributed by atoms with Gasteiger partial charge in [0, 0.05) is 26.9 Å². The van der Waals surface area contributed by atoms with Crippen LogP contribution in [0.4, 0.5) is 0 Å². The number of amidine groups is 2. The summed E-state index contributed by atoms with van der Waals surface area (Å²) in [5.74, 6) is 1.47. The van der Waals surface area contributed by atoms with Crippen LogP contribution in [0.2, 0.25) is 0 Å². The molecule has 0 fully saturated rings. The summed E-state index contributed by atoms with van der Waals surface area (Å²) in [4.78, 5) is 7.77. The van der Waals surface area contributed by atoms with Gasteiger partial charge in [-0.2, -0.15) is 0 Å². The van der Waals surface area contributed by atoms with Crippen LogP contribution < -0.4 is 11.5 Å². The monoisotopic (exact) mass is 220 g/mol. The van der Waals surface area contributed by atoms with Crippen LogP contribution in [0.3, 0.4) is 0 Å². The lowest BCUT2D eigenvalue weighted by atomic mass is 10.1. The molecule has 5 heteroatoms. The molecule has 0 aromatic rings. The molecule has 0 aliphatic heterocycles. The normalized spacial score (nSPS) is 12.4. The average molecular weight is 221 g/mol. The fraction of sp³-hybridized carbons (Fsp3) is 0.778. The molecule has 0 spiro atoms. The van der Waals surface area contributed by atoms with E-state index in [0.717, 1.165) is 43.8 Å². The first-order chi connectivity index (χ1) is 6.20. The van der Waals surface area contributed by atoms with Crippen LogP contribution in [0.25, 0.3) is 0 Å². The Labute approximate surface area is 92.3 Å². The summed E-state index contributed by atoms with van der Waals surface area (Å²) in [7, 11) is 3.44. The summed E-state index contributed by atoms with van der Waals surface area (Å²) in [6, 6.07) is 0. The molecule has 4 nitrogen and oxygen atoms in total. The second-order valence-electron chi connectivity index (χ2n) is 2.99. The summed E-state index contributed by atoms with van der Waals surface area (Å²) in [5.41, 5.74) is 11.1. The summed E-state index contributed by atoms with van der Waals surface area (Å²) in [5, 5.41) is 0. The van der Waals surface area contributed by atoms with Crippen molar-refractivity contribution < 1.29 is 0 Å². The minimum atomic E-state index is 0. The highest BCUT2D eigenvalue weighted by Gasteiger charge is 1.94. The van der Waals surface area contributed by atoms with Gasteiger partial charge in [-0.25, -0.2) is 0 Å². The van der Waals surface area contributed by atoms with E-state index in [1.54, 1.807) is 14.1 Å². The lowest BCUT2D eigenvalue weighted by Gasteiger charge is -2.00. The van der Waals surface area contributed by atoms with Gasteiger partial charge in [0.15, 0.2) is 0 Å². The van der Waals surface area contributed by atoms with E-state index in [-0.39, 0.29) is 12.4 Å². The second-order valence-corrected chi connectivity index (χ2v) is 2.99. The van der Waals surface area contributed by atoms with Gasteiger partial charge in [0.1, 0.15) is 0 Å². The molecule has 0 bridgehead atoms. The number of rotatable bonds is 6. The summed E-state index contributed by atoms with van der Waals surface area (Å²) in [6.45, 7) is 0. The van der Waals surface area contributed by atoms with E-state index in [9.17, 15) is 0 Å². The first-order valence-electron chi connectivity index (χ1n) is 4.63. The van der Waals surface area contributed by atoms with Crippen molar-refractivity contribution in [2.24, 2.45) is 21.5 Å². The van der Waals surface area contributed by atoms with Crippen LogP contribution in [0, 0.1) is 0 Å². The fourth-order valence-electron chi connectivity index (χ4n) is 1.01. The van der Waals surface area contributed by atoms with Gasteiger partial charge in [0.25, 0.3) is 0 Å². The van der Waals surface area contributed by atoms with Gasteiger partial charge in [-0.05, 0) is 12.8 Å². The number of aliphatic imine (C=N–C) groups is 2. The van der Waals surface area contributed by atoms with Crippen molar-refractivity contribution >= 4 is 24.1 Å². The highest BCUT2D eigenvalue weighted by atomic mass is 35.5. The van der Waals surface area contributed by atoms with E-state index in [4.69, 9.17) is 11.5 Å². The maximum absolute atomic E-state index is 5.54. The van der Waals surface area contributed by atoms with Crippen LogP contribution >= 0.6 is 12.4 Å². The highest BCUT2D eigenvalue weighted by Crippen LogP contribution is 2.02. The number of nitrogens with zero attached hydrogens (tertiary/aromatic N) is 2. The lowest BCUT2D eigenvalue weighted by Crippen LogP contribution is -2.12. The zero-order chi connectivity index (χ0) is 10.1. The number of hydrogen-bond acceptors (Lipinski definition) is 2. The van der Waals surface area contributed by atoms with Crippen molar-refractivity contribution in [1.82, 2.24) is 0 Å². The van der Waals surface area contributed by atoms with Gasteiger partial charge in [-0.15, -0.1) is 12.4 Å². The zero-order valence-electron chi connectivity index (χ0n) is 8.99. The van der Waals surface area contributed by atoms with Crippen LogP contribution in [0.5, 0.6) is 0 Å². The molecule has 0 atom stereocenters. The van der Waals surface area contributed by atoms with Crippen molar-refractivity contribution in [3.8, 4) is 0 Å². The molecule has 0 aromatic heterocycles. The van der Waals surface area contributed by atoms with Gasteiger partial charge in [0.2, 0.25) is 0 Å². The molecule has 0 aromatic carbocycles. The third kappa shape index (κ3) is 9.32. The first kappa shape index (κ1) is 15.7. The van der Waals surface area contributed by atoms with Crippen LogP contribution in [-0.2, 0) is 0 Å². The number of nitrogens with two attached hydrogens (primary N) is 2. The predicted octanol–water partition coefficient (Wildman–Crippen LogP) is 1.33. The van der Waals surface area contributed by atoms with E-state index < -0.39 is 0 Å². The predicted molar refractivity (Wildman–Crippen MR) is 65.4 cm³/mol. The Morgan fingerprint density at radius 1 is 0.857 bits per heavy atom. The lowest BCUT2D eigenvalue weighted by molar-refractivity contribution is 0.713. The van der Waals surface area contributed by atoms with Crippen LogP contribution in [-0.4, -0.2) is 25.8 Å². The Bertz CT molecular complexity index is 169. The topological polar surface area (TPSA) is 76.8 Å². The molecule has 0 rings (SSSR count). The van der Waals surface area contributed by atoms with E-state index >= 15 is 0 Å². The van der Waals surface area contributed by atoms with E-state index in [1.807, 2.05) is 0 Å². The molecule has 0 saturated heterocycles. The maximum atomic E-state index is 5.54. The van der Waals surface area contributed by atoms with Gasteiger partial charge in [-0.3, -0.25) is 9.98 Å². The summed E-state index contributed by atoms with van der Waals surface area (Å²) < 4.78 is 0. The maximum Gasteiger partial charge on any atom is 0.0933 e. The van der Waals surface area contributed by atoms with Crippen LogP contribution in [0.1, 0.15) is 32.1 Å². The van der Waals surface area contributed by atoms with Crippen LogP contribution in [0.15, 0.2) is 9.98 Å². The molecule has 0 radical (unpaired) electrons. The van der Waals surface area contributed by atoms with E-state index in [0.29, 0.717) is 0 Å². The first-order valence-corrected chi connectivity index (χ1v) is 4.63. The summed E-state index contributed by atoms with van der Waals surface area (Å²) in [6.07, 6.45) is 5.08.